The second-order valence-electron chi connectivity index (χ2n) is 7.65. The van der Waals surface area contributed by atoms with Crippen LogP contribution in [0.2, 0.25) is 10.0 Å². The van der Waals surface area contributed by atoms with E-state index in [4.69, 9.17) is 28.3 Å². The zero-order valence-electron chi connectivity index (χ0n) is 17.2. The minimum Gasteiger partial charge on any atom is -0.481 e. The van der Waals surface area contributed by atoms with E-state index in [2.05, 4.69) is 23.8 Å². The molecule has 3 rings (SSSR count). The highest BCUT2D eigenvalue weighted by Gasteiger charge is 2.24. The van der Waals surface area contributed by atoms with E-state index in [1.54, 1.807) is 12.1 Å². The third-order valence-corrected chi connectivity index (χ3v) is 5.35. The van der Waals surface area contributed by atoms with Crippen molar-refractivity contribution < 1.29 is 14.7 Å². The van der Waals surface area contributed by atoms with E-state index in [0.717, 1.165) is 16.8 Å². The number of carbonyl (C=O) groups excluding carboxylic acids is 1. The number of carbonyl (C=O) groups is 2. The van der Waals surface area contributed by atoms with E-state index in [9.17, 15) is 9.59 Å². The highest BCUT2D eigenvalue weighted by Crippen LogP contribution is 2.32. The number of nitrogens with zero attached hydrogens (tertiary/aromatic N) is 2. The fraction of sp³-hybridized carbons (Fsp3) is 0.261. The van der Waals surface area contributed by atoms with E-state index < -0.39 is 18.3 Å². The molecule has 8 heteroatoms. The average molecular weight is 460 g/mol. The zero-order valence-corrected chi connectivity index (χ0v) is 18.7. The lowest BCUT2D eigenvalue weighted by Crippen LogP contribution is -2.32. The van der Waals surface area contributed by atoms with Crippen LogP contribution < -0.4 is 4.90 Å². The molecule has 2 N–H and O–H groups in total. The van der Waals surface area contributed by atoms with Crippen molar-refractivity contribution in [2.45, 2.75) is 33.2 Å². The SMILES string of the molecule is CC(C)Cc1[nH]c(N(Cc2ccccc2)C(=O)CC(=O)O)nc1-c1ccc(Cl)c(Cl)c1. The topological polar surface area (TPSA) is 86.3 Å². The molecule has 0 aliphatic carbocycles. The van der Waals surface area contributed by atoms with Crippen molar-refractivity contribution in [3.05, 3.63) is 69.8 Å². The highest BCUT2D eigenvalue weighted by atomic mass is 35.5. The summed E-state index contributed by atoms with van der Waals surface area (Å²) < 4.78 is 0. The largest absolute Gasteiger partial charge is 0.481 e. The van der Waals surface area contributed by atoms with Gasteiger partial charge in [-0.05, 0) is 30.0 Å². The molecule has 0 bridgehead atoms. The van der Waals surface area contributed by atoms with E-state index in [-0.39, 0.29) is 6.54 Å². The van der Waals surface area contributed by atoms with Gasteiger partial charge >= 0.3 is 5.97 Å². The van der Waals surface area contributed by atoms with Crippen molar-refractivity contribution >= 4 is 41.0 Å². The van der Waals surface area contributed by atoms with Gasteiger partial charge in [-0.15, -0.1) is 0 Å². The van der Waals surface area contributed by atoms with E-state index in [0.29, 0.717) is 34.0 Å². The van der Waals surface area contributed by atoms with Crippen LogP contribution in [-0.4, -0.2) is 27.0 Å². The molecule has 0 spiro atoms. The number of amides is 1. The van der Waals surface area contributed by atoms with Crippen molar-refractivity contribution in [3.8, 4) is 11.3 Å². The molecule has 162 valence electrons. The number of halogens is 2. The van der Waals surface area contributed by atoms with Gasteiger partial charge in [0.1, 0.15) is 6.42 Å². The van der Waals surface area contributed by atoms with Crippen molar-refractivity contribution in [1.29, 1.82) is 0 Å². The highest BCUT2D eigenvalue weighted by molar-refractivity contribution is 6.42. The maximum Gasteiger partial charge on any atom is 0.312 e. The standard InChI is InChI=1S/C23H23Cl2N3O3/c1-14(2)10-19-22(16-8-9-17(24)18(25)11-16)27-23(26-19)28(20(29)12-21(30)31)13-15-6-4-3-5-7-15/h3-9,11,14H,10,12-13H2,1-2H3,(H,26,27)(H,30,31). The van der Waals surface area contributed by atoms with E-state index in [1.807, 2.05) is 36.4 Å². The summed E-state index contributed by atoms with van der Waals surface area (Å²) in [6, 6.07) is 14.6. The van der Waals surface area contributed by atoms with Crippen LogP contribution in [0.15, 0.2) is 48.5 Å². The molecule has 0 saturated heterocycles. The molecular weight excluding hydrogens is 437 g/mol. The normalized spacial score (nSPS) is 11.0. The van der Waals surface area contributed by atoms with Crippen LogP contribution in [0.4, 0.5) is 5.95 Å². The minimum atomic E-state index is -1.19. The van der Waals surface area contributed by atoms with Crippen LogP contribution in [-0.2, 0) is 22.6 Å². The summed E-state index contributed by atoms with van der Waals surface area (Å²) in [5, 5.41) is 10.00. The van der Waals surface area contributed by atoms with Gasteiger partial charge in [0.25, 0.3) is 0 Å². The number of aromatic amines is 1. The number of hydrogen-bond acceptors (Lipinski definition) is 3. The molecule has 0 aliphatic rings. The first-order chi connectivity index (χ1) is 14.7. The summed E-state index contributed by atoms with van der Waals surface area (Å²) >= 11 is 12.3. The first-order valence-corrected chi connectivity index (χ1v) is 10.6. The smallest absolute Gasteiger partial charge is 0.312 e. The number of hydrogen-bond donors (Lipinski definition) is 2. The molecule has 1 aromatic heterocycles. The summed E-state index contributed by atoms with van der Waals surface area (Å²) in [6.45, 7) is 4.36. The molecule has 0 fully saturated rings. The van der Waals surface area contributed by atoms with Crippen LogP contribution in [0.3, 0.4) is 0 Å². The molecule has 0 saturated carbocycles. The number of nitrogens with one attached hydrogen (secondary N) is 1. The molecule has 0 unspecified atom stereocenters. The first-order valence-electron chi connectivity index (χ1n) is 9.85. The summed E-state index contributed by atoms with van der Waals surface area (Å²) in [4.78, 5) is 33.3. The predicted octanol–water partition coefficient (Wildman–Crippen LogP) is 5.59. The van der Waals surface area contributed by atoms with Gasteiger partial charge in [0.15, 0.2) is 0 Å². The van der Waals surface area contributed by atoms with Crippen LogP contribution in [0.25, 0.3) is 11.3 Å². The predicted molar refractivity (Wildman–Crippen MR) is 122 cm³/mol. The Morgan fingerprint density at radius 2 is 1.81 bits per heavy atom. The lowest BCUT2D eigenvalue weighted by molar-refractivity contribution is -0.140. The van der Waals surface area contributed by atoms with Crippen LogP contribution >= 0.6 is 23.2 Å². The summed E-state index contributed by atoms with van der Waals surface area (Å²) in [7, 11) is 0. The molecule has 0 radical (unpaired) electrons. The lowest BCUT2D eigenvalue weighted by Gasteiger charge is -2.19. The quantitative estimate of drug-likeness (QED) is 0.429. The molecule has 6 nitrogen and oxygen atoms in total. The number of H-pyrrole nitrogens is 1. The number of imidazole rings is 1. The summed E-state index contributed by atoms with van der Waals surface area (Å²) in [5.74, 6) is -1.12. The van der Waals surface area contributed by atoms with Crippen molar-refractivity contribution in [2.75, 3.05) is 4.90 Å². The molecule has 3 aromatic rings. The van der Waals surface area contributed by atoms with Crippen molar-refractivity contribution in [3.63, 3.8) is 0 Å². The van der Waals surface area contributed by atoms with Gasteiger partial charge in [0.05, 0.1) is 22.3 Å². The van der Waals surface area contributed by atoms with Gasteiger partial charge in [-0.3, -0.25) is 14.5 Å². The molecule has 1 amide bonds. The van der Waals surface area contributed by atoms with Gasteiger partial charge in [-0.2, -0.15) is 0 Å². The Morgan fingerprint density at radius 1 is 1.10 bits per heavy atom. The van der Waals surface area contributed by atoms with Gasteiger partial charge in [-0.25, -0.2) is 4.98 Å². The van der Waals surface area contributed by atoms with Crippen molar-refractivity contribution in [1.82, 2.24) is 9.97 Å². The molecular formula is C23H23Cl2N3O3. The van der Waals surface area contributed by atoms with Gasteiger partial charge in [-0.1, -0.05) is 73.4 Å². The molecule has 0 atom stereocenters. The Bertz CT molecular complexity index is 1080. The van der Waals surface area contributed by atoms with Gasteiger partial charge in [0, 0.05) is 11.3 Å². The number of anilines is 1. The van der Waals surface area contributed by atoms with Crippen LogP contribution in [0, 0.1) is 5.92 Å². The molecule has 31 heavy (non-hydrogen) atoms. The Kier molecular flexibility index (Phi) is 7.36. The number of rotatable bonds is 8. The summed E-state index contributed by atoms with van der Waals surface area (Å²) in [5.41, 5.74) is 3.12. The number of aromatic nitrogens is 2. The number of carboxylic acid groups (broad SMARTS) is 1. The van der Waals surface area contributed by atoms with E-state index in [1.165, 1.54) is 4.90 Å². The number of aliphatic carboxylic acids is 1. The van der Waals surface area contributed by atoms with Crippen LogP contribution in [0.1, 0.15) is 31.5 Å². The third-order valence-electron chi connectivity index (χ3n) is 4.61. The van der Waals surface area contributed by atoms with E-state index >= 15 is 0 Å². The monoisotopic (exact) mass is 459 g/mol. The molecule has 1 heterocycles. The maximum absolute atomic E-state index is 12.8. The Morgan fingerprint density at radius 3 is 2.42 bits per heavy atom. The zero-order chi connectivity index (χ0) is 22.5. The van der Waals surface area contributed by atoms with Crippen LogP contribution in [0.5, 0.6) is 0 Å². The second-order valence-corrected chi connectivity index (χ2v) is 8.46. The Labute approximate surface area is 190 Å². The molecule has 2 aromatic carbocycles. The lowest BCUT2D eigenvalue weighted by atomic mass is 10.0. The van der Waals surface area contributed by atoms with Gasteiger partial charge in [0.2, 0.25) is 11.9 Å². The minimum absolute atomic E-state index is 0.197. The third kappa shape index (κ3) is 5.87. The Hall–Kier alpha value is -2.83. The summed E-state index contributed by atoms with van der Waals surface area (Å²) in [6.07, 6.45) is 0.0596. The molecule has 0 aliphatic heterocycles. The van der Waals surface area contributed by atoms with Gasteiger partial charge < -0.3 is 10.1 Å². The fourth-order valence-electron chi connectivity index (χ4n) is 3.23. The number of carboxylic acids is 1. The number of benzene rings is 2. The Balaban J connectivity index is 2.07. The van der Waals surface area contributed by atoms with Crippen molar-refractivity contribution in [2.24, 2.45) is 5.92 Å². The second kappa shape index (κ2) is 9.98. The average Bonchev–Trinajstić information content (AvgIpc) is 3.11. The maximum atomic E-state index is 12.8. The first kappa shape index (κ1) is 22.8. The fourth-order valence-corrected chi connectivity index (χ4v) is 3.53.